The number of aliphatic carboxylic acids is 1. The Hall–Kier alpha value is -1.75. The zero-order valence-corrected chi connectivity index (χ0v) is 16.3. The van der Waals surface area contributed by atoms with Gasteiger partial charge in [0.2, 0.25) is 0 Å². The van der Waals surface area contributed by atoms with Gasteiger partial charge in [-0.2, -0.15) is 0 Å². The molecule has 0 bridgehead atoms. The van der Waals surface area contributed by atoms with E-state index in [2.05, 4.69) is 17.9 Å². The van der Waals surface area contributed by atoms with Crippen LogP contribution in [0.3, 0.4) is 0 Å². The van der Waals surface area contributed by atoms with Crippen LogP contribution in [0.25, 0.3) is 0 Å². The number of ether oxygens (including phenoxy) is 1. The van der Waals surface area contributed by atoms with Crippen LogP contribution < -0.4 is 4.74 Å². The normalized spacial score (nSPS) is 14.9. The summed E-state index contributed by atoms with van der Waals surface area (Å²) in [6, 6.07) is 9.50. The molecule has 0 saturated carbocycles. The van der Waals surface area contributed by atoms with Crippen molar-refractivity contribution in [2.45, 2.75) is 27.0 Å². The predicted molar refractivity (Wildman–Crippen MR) is 103 cm³/mol. The molecule has 1 saturated heterocycles. The molecule has 138 valence electrons. The van der Waals surface area contributed by atoms with Gasteiger partial charge in [-0.3, -0.25) is 9.69 Å². The number of likely N-dealkylation sites (tertiary alicyclic amines) is 1. The summed E-state index contributed by atoms with van der Waals surface area (Å²) in [7, 11) is 0. The molecule has 0 atom stereocenters. The standard InChI is InChI=1S/C20H21Cl2NO3/c1-12-13(2)19(26-11-14-3-5-17(21)18(22)7-14)6-4-15(12)8-23-9-16(10-23)20(24)25/h3-7,16H,8-11H2,1-2H3,(H,24,25). The summed E-state index contributed by atoms with van der Waals surface area (Å²) >= 11 is 12.0. The fourth-order valence-electron chi connectivity index (χ4n) is 3.07. The van der Waals surface area contributed by atoms with Crippen LogP contribution in [0.1, 0.15) is 22.3 Å². The molecule has 0 spiro atoms. The third-order valence-electron chi connectivity index (χ3n) is 4.93. The third kappa shape index (κ3) is 4.14. The van der Waals surface area contributed by atoms with E-state index in [-0.39, 0.29) is 5.92 Å². The Morgan fingerprint density at radius 3 is 2.54 bits per heavy atom. The first kappa shape index (κ1) is 19.0. The molecule has 3 rings (SSSR count). The van der Waals surface area contributed by atoms with Crippen molar-refractivity contribution in [3.8, 4) is 5.75 Å². The monoisotopic (exact) mass is 393 g/mol. The van der Waals surface area contributed by atoms with Gasteiger partial charge in [0, 0.05) is 19.6 Å². The highest BCUT2D eigenvalue weighted by atomic mass is 35.5. The van der Waals surface area contributed by atoms with Crippen molar-refractivity contribution in [3.05, 3.63) is 62.6 Å². The Bertz CT molecular complexity index is 832. The lowest BCUT2D eigenvalue weighted by atomic mass is 9.97. The Balaban J connectivity index is 1.63. The Morgan fingerprint density at radius 1 is 1.15 bits per heavy atom. The Kier molecular flexibility index (Phi) is 5.76. The minimum absolute atomic E-state index is 0.231. The maximum atomic E-state index is 10.9. The lowest BCUT2D eigenvalue weighted by Gasteiger charge is -2.37. The SMILES string of the molecule is Cc1c(CN2CC(C(=O)O)C2)ccc(OCc2ccc(Cl)c(Cl)c2)c1C. The Morgan fingerprint density at radius 2 is 1.88 bits per heavy atom. The van der Waals surface area contributed by atoms with Gasteiger partial charge in [0.15, 0.2) is 0 Å². The first-order chi connectivity index (χ1) is 12.3. The van der Waals surface area contributed by atoms with Crippen molar-refractivity contribution in [2.24, 2.45) is 5.92 Å². The third-order valence-corrected chi connectivity index (χ3v) is 5.67. The van der Waals surface area contributed by atoms with Crippen molar-refractivity contribution in [3.63, 3.8) is 0 Å². The van der Waals surface area contributed by atoms with Crippen LogP contribution in [-0.4, -0.2) is 29.1 Å². The first-order valence-electron chi connectivity index (χ1n) is 8.46. The number of nitrogens with zero attached hydrogens (tertiary/aromatic N) is 1. The van der Waals surface area contributed by atoms with E-state index in [0.29, 0.717) is 29.7 Å². The van der Waals surface area contributed by atoms with E-state index in [0.717, 1.165) is 23.4 Å². The van der Waals surface area contributed by atoms with Crippen molar-refractivity contribution >= 4 is 29.2 Å². The van der Waals surface area contributed by atoms with Crippen molar-refractivity contribution in [1.82, 2.24) is 4.90 Å². The summed E-state index contributed by atoms with van der Waals surface area (Å²) in [5, 5.41) is 10.0. The molecule has 2 aromatic carbocycles. The lowest BCUT2D eigenvalue weighted by Crippen LogP contribution is -2.49. The number of hydrogen-bond acceptors (Lipinski definition) is 3. The summed E-state index contributed by atoms with van der Waals surface area (Å²) in [6.07, 6.45) is 0. The van der Waals surface area contributed by atoms with Gasteiger partial charge in [-0.1, -0.05) is 35.3 Å². The smallest absolute Gasteiger partial charge is 0.309 e. The van der Waals surface area contributed by atoms with Gasteiger partial charge in [-0.25, -0.2) is 0 Å². The molecular formula is C20H21Cl2NO3. The molecule has 4 nitrogen and oxygen atoms in total. The molecule has 0 aliphatic carbocycles. The highest BCUT2D eigenvalue weighted by Gasteiger charge is 2.32. The summed E-state index contributed by atoms with van der Waals surface area (Å²) in [5.41, 5.74) is 4.43. The van der Waals surface area contributed by atoms with Crippen molar-refractivity contribution < 1.29 is 14.6 Å². The van der Waals surface area contributed by atoms with Gasteiger partial charge in [0.05, 0.1) is 16.0 Å². The number of carbonyl (C=O) groups is 1. The average molecular weight is 394 g/mol. The van der Waals surface area contributed by atoms with Crippen LogP contribution >= 0.6 is 23.2 Å². The van der Waals surface area contributed by atoms with E-state index in [4.69, 9.17) is 33.0 Å². The topological polar surface area (TPSA) is 49.8 Å². The summed E-state index contributed by atoms with van der Waals surface area (Å²) in [4.78, 5) is 13.1. The summed E-state index contributed by atoms with van der Waals surface area (Å²) < 4.78 is 5.95. The van der Waals surface area contributed by atoms with Crippen LogP contribution in [0, 0.1) is 19.8 Å². The van der Waals surface area contributed by atoms with E-state index >= 15 is 0 Å². The second-order valence-electron chi connectivity index (χ2n) is 6.74. The summed E-state index contributed by atoms with van der Waals surface area (Å²) in [6.45, 7) is 6.53. The second kappa shape index (κ2) is 7.87. The molecule has 6 heteroatoms. The van der Waals surface area contributed by atoms with E-state index in [1.165, 1.54) is 11.1 Å². The average Bonchev–Trinajstić information content (AvgIpc) is 2.56. The molecule has 1 aliphatic rings. The van der Waals surface area contributed by atoms with Gasteiger partial charge in [0.1, 0.15) is 12.4 Å². The number of benzene rings is 2. The van der Waals surface area contributed by atoms with Gasteiger partial charge < -0.3 is 9.84 Å². The fourth-order valence-corrected chi connectivity index (χ4v) is 3.39. The molecule has 1 aliphatic heterocycles. The zero-order chi connectivity index (χ0) is 18.8. The number of carboxylic acids is 1. The highest BCUT2D eigenvalue weighted by molar-refractivity contribution is 6.42. The van der Waals surface area contributed by atoms with E-state index in [9.17, 15) is 4.79 Å². The van der Waals surface area contributed by atoms with E-state index in [1.807, 2.05) is 25.1 Å². The quantitative estimate of drug-likeness (QED) is 0.771. The minimum Gasteiger partial charge on any atom is -0.489 e. The molecular weight excluding hydrogens is 373 g/mol. The van der Waals surface area contributed by atoms with Gasteiger partial charge >= 0.3 is 5.97 Å². The molecule has 0 unspecified atom stereocenters. The largest absolute Gasteiger partial charge is 0.489 e. The molecule has 1 fully saturated rings. The number of halogens is 2. The fraction of sp³-hybridized carbons (Fsp3) is 0.350. The second-order valence-corrected chi connectivity index (χ2v) is 7.55. The predicted octanol–water partition coefficient (Wildman–Crippen LogP) is 4.71. The minimum atomic E-state index is -0.708. The van der Waals surface area contributed by atoms with Crippen LogP contribution in [0.5, 0.6) is 5.75 Å². The molecule has 1 N–H and O–H groups in total. The Labute approximate surface area is 163 Å². The van der Waals surface area contributed by atoms with Crippen LogP contribution in [0.15, 0.2) is 30.3 Å². The molecule has 1 heterocycles. The highest BCUT2D eigenvalue weighted by Crippen LogP contribution is 2.29. The maximum absolute atomic E-state index is 10.9. The molecule has 0 radical (unpaired) electrons. The van der Waals surface area contributed by atoms with E-state index in [1.54, 1.807) is 6.07 Å². The van der Waals surface area contributed by atoms with Crippen LogP contribution in [0.2, 0.25) is 10.0 Å². The van der Waals surface area contributed by atoms with Gasteiger partial charge in [-0.05, 0) is 54.3 Å². The number of carboxylic acid groups (broad SMARTS) is 1. The lowest BCUT2D eigenvalue weighted by molar-refractivity contribution is -0.147. The first-order valence-corrected chi connectivity index (χ1v) is 9.21. The molecule has 0 aromatic heterocycles. The van der Waals surface area contributed by atoms with Crippen LogP contribution in [0.4, 0.5) is 0 Å². The van der Waals surface area contributed by atoms with Crippen molar-refractivity contribution in [1.29, 1.82) is 0 Å². The van der Waals surface area contributed by atoms with Crippen LogP contribution in [-0.2, 0) is 17.9 Å². The van der Waals surface area contributed by atoms with E-state index < -0.39 is 5.97 Å². The maximum Gasteiger partial charge on any atom is 0.309 e. The molecule has 0 amide bonds. The van der Waals surface area contributed by atoms with Gasteiger partial charge in [-0.15, -0.1) is 0 Å². The zero-order valence-electron chi connectivity index (χ0n) is 14.8. The van der Waals surface area contributed by atoms with Crippen molar-refractivity contribution in [2.75, 3.05) is 13.1 Å². The number of hydrogen-bond donors (Lipinski definition) is 1. The molecule has 26 heavy (non-hydrogen) atoms. The number of rotatable bonds is 6. The summed E-state index contributed by atoms with van der Waals surface area (Å²) in [5.74, 6) is -0.102. The van der Waals surface area contributed by atoms with Gasteiger partial charge in [0.25, 0.3) is 0 Å². The molecule has 2 aromatic rings.